The summed E-state index contributed by atoms with van der Waals surface area (Å²) in [5, 5.41) is 0. The Kier molecular flexibility index (Phi) is 5.63. The normalized spacial score (nSPS) is 11.2. The molecule has 0 bridgehead atoms. The summed E-state index contributed by atoms with van der Waals surface area (Å²) in [7, 11) is 3.38. The van der Waals surface area contributed by atoms with Gasteiger partial charge in [0, 0.05) is 39.6 Å². The van der Waals surface area contributed by atoms with Crippen molar-refractivity contribution >= 4 is 11.4 Å². The van der Waals surface area contributed by atoms with Gasteiger partial charge in [0.15, 0.2) is 11.5 Å². The molecule has 0 aliphatic rings. The van der Waals surface area contributed by atoms with Crippen LogP contribution in [0, 0.1) is 6.92 Å². The Morgan fingerprint density at radius 3 is 2.63 bits per heavy atom. The second kappa shape index (κ2) is 8.51. The van der Waals surface area contributed by atoms with Gasteiger partial charge >= 0.3 is 0 Å². The molecule has 0 N–H and O–H groups in total. The fourth-order valence-corrected chi connectivity index (χ4v) is 3.44. The number of aryl methyl sites for hydroxylation is 1. The summed E-state index contributed by atoms with van der Waals surface area (Å²) in [4.78, 5) is 24.1. The van der Waals surface area contributed by atoms with Gasteiger partial charge in [-0.1, -0.05) is 36.4 Å². The number of aromatic nitrogens is 4. The van der Waals surface area contributed by atoms with Gasteiger partial charge in [-0.3, -0.25) is 9.20 Å². The Labute approximate surface area is 175 Å². The van der Waals surface area contributed by atoms with E-state index >= 15 is 0 Å². The second-order valence-corrected chi connectivity index (χ2v) is 7.25. The number of nitrogens with zero attached hydrogens (tertiary/aromatic N) is 5. The minimum Gasteiger partial charge on any atom is -0.383 e. The highest BCUT2D eigenvalue weighted by atomic mass is 16.5. The average molecular weight is 403 g/mol. The van der Waals surface area contributed by atoms with Gasteiger partial charge in [-0.2, -0.15) is 0 Å². The number of pyridine rings is 1. The fraction of sp³-hybridized carbons (Fsp3) is 0.261. The molecule has 30 heavy (non-hydrogen) atoms. The predicted molar refractivity (Wildman–Crippen MR) is 116 cm³/mol. The maximum Gasteiger partial charge on any atom is 0.274 e. The molecule has 3 aromatic heterocycles. The van der Waals surface area contributed by atoms with Crippen LogP contribution in [-0.4, -0.2) is 57.1 Å². The lowest BCUT2D eigenvalue weighted by molar-refractivity contribution is 0.0741. The van der Waals surface area contributed by atoms with Crippen LogP contribution in [0.4, 0.5) is 0 Å². The third-order valence-corrected chi connectivity index (χ3v) is 5.13. The van der Waals surface area contributed by atoms with Crippen LogP contribution in [0.3, 0.4) is 0 Å². The van der Waals surface area contributed by atoms with E-state index in [2.05, 4.69) is 16.7 Å². The van der Waals surface area contributed by atoms with Crippen LogP contribution in [0.15, 0.2) is 60.9 Å². The molecule has 4 rings (SSSR count). The van der Waals surface area contributed by atoms with Crippen molar-refractivity contribution in [1.29, 1.82) is 0 Å². The van der Waals surface area contributed by atoms with Crippen LogP contribution in [-0.2, 0) is 11.3 Å². The highest BCUT2D eigenvalue weighted by Crippen LogP contribution is 2.23. The number of rotatable bonds is 7. The molecular weight excluding hydrogens is 378 g/mol. The van der Waals surface area contributed by atoms with E-state index in [1.807, 2.05) is 60.1 Å². The van der Waals surface area contributed by atoms with Crippen molar-refractivity contribution in [3.8, 4) is 11.5 Å². The summed E-state index contributed by atoms with van der Waals surface area (Å²) in [6, 6.07) is 16.0. The summed E-state index contributed by atoms with van der Waals surface area (Å²) in [6.07, 6.45) is 3.90. The highest BCUT2D eigenvalue weighted by Gasteiger charge is 2.22. The van der Waals surface area contributed by atoms with Crippen LogP contribution in [0.5, 0.6) is 0 Å². The standard InChI is InChI=1S/C23H25N5O2/c1-17-24-19(16-27(17)15-18-9-5-4-6-10-18)22-25-21(20-11-7-8-12-28(20)22)23(29)26(2)13-14-30-3/h4-12,16H,13-15H2,1-3H3. The Morgan fingerprint density at radius 2 is 1.87 bits per heavy atom. The molecule has 0 fully saturated rings. The van der Waals surface area contributed by atoms with Crippen molar-refractivity contribution in [2.45, 2.75) is 13.5 Å². The van der Waals surface area contributed by atoms with Crippen LogP contribution in [0.2, 0.25) is 0 Å². The van der Waals surface area contributed by atoms with Crippen molar-refractivity contribution < 1.29 is 9.53 Å². The van der Waals surface area contributed by atoms with Crippen molar-refractivity contribution in [3.05, 3.63) is 78.0 Å². The van der Waals surface area contributed by atoms with Crippen molar-refractivity contribution in [1.82, 2.24) is 23.8 Å². The van der Waals surface area contributed by atoms with Gasteiger partial charge in [-0.15, -0.1) is 0 Å². The number of benzene rings is 1. The maximum absolute atomic E-state index is 13.0. The topological polar surface area (TPSA) is 64.7 Å². The van der Waals surface area contributed by atoms with Gasteiger partial charge in [0.05, 0.1) is 12.1 Å². The molecule has 7 heteroatoms. The summed E-state index contributed by atoms with van der Waals surface area (Å²) < 4.78 is 9.11. The molecule has 0 saturated carbocycles. The minimum absolute atomic E-state index is 0.137. The fourth-order valence-electron chi connectivity index (χ4n) is 3.44. The van der Waals surface area contributed by atoms with Crippen LogP contribution >= 0.6 is 0 Å². The molecule has 0 radical (unpaired) electrons. The first kappa shape index (κ1) is 19.8. The number of carbonyl (C=O) groups excluding carboxylic acids is 1. The monoisotopic (exact) mass is 403 g/mol. The largest absolute Gasteiger partial charge is 0.383 e. The van der Waals surface area contributed by atoms with E-state index in [-0.39, 0.29) is 5.91 Å². The molecule has 0 unspecified atom stereocenters. The predicted octanol–water partition coefficient (Wildman–Crippen LogP) is 3.27. The molecule has 0 saturated heterocycles. The summed E-state index contributed by atoms with van der Waals surface area (Å²) >= 11 is 0. The smallest absolute Gasteiger partial charge is 0.274 e. The number of ether oxygens (including phenoxy) is 1. The van der Waals surface area contributed by atoms with E-state index in [4.69, 9.17) is 14.7 Å². The number of methoxy groups -OCH3 is 1. The van der Waals surface area contributed by atoms with Gasteiger partial charge in [-0.05, 0) is 24.6 Å². The number of carbonyl (C=O) groups is 1. The van der Waals surface area contributed by atoms with Gasteiger partial charge in [0.2, 0.25) is 0 Å². The Bertz CT molecular complexity index is 1160. The van der Waals surface area contributed by atoms with Gasteiger partial charge in [0.1, 0.15) is 11.5 Å². The van der Waals surface area contributed by atoms with E-state index in [1.54, 1.807) is 19.1 Å². The third kappa shape index (κ3) is 3.84. The molecule has 0 aliphatic carbocycles. The van der Waals surface area contributed by atoms with E-state index in [1.165, 1.54) is 5.56 Å². The Balaban J connectivity index is 1.72. The van der Waals surface area contributed by atoms with Gasteiger partial charge in [-0.25, -0.2) is 9.97 Å². The lowest BCUT2D eigenvalue weighted by Crippen LogP contribution is -2.30. The summed E-state index contributed by atoms with van der Waals surface area (Å²) in [5.41, 5.74) is 3.12. The SMILES string of the molecule is COCCN(C)C(=O)c1nc(-c2cn(Cc3ccccc3)c(C)n2)n2ccccc12. The lowest BCUT2D eigenvalue weighted by Gasteiger charge is -2.15. The molecule has 3 heterocycles. The zero-order chi connectivity index (χ0) is 21.1. The molecule has 7 nitrogen and oxygen atoms in total. The van der Waals surface area contributed by atoms with Crippen molar-refractivity contribution in [2.75, 3.05) is 27.3 Å². The summed E-state index contributed by atoms with van der Waals surface area (Å²) in [6.45, 7) is 3.69. The number of hydrogen-bond donors (Lipinski definition) is 0. The molecule has 0 atom stereocenters. The molecule has 0 spiro atoms. The molecular formula is C23H25N5O2. The Hall–Kier alpha value is -3.45. The Morgan fingerprint density at radius 1 is 1.10 bits per heavy atom. The molecule has 154 valence electrons. The number of likely N-dealkylation sites (N-methyl/N-ethyl adjacent to an activating group) is 1. The maximum atomic E-state index is 13.0. The molecule has 1 amide bonds. The zero-order valence-corrected chi connectivity index (χ0v) is 17.4. The van der Waals surface area contributed by atoms with Crippen LogP contribution in [0.25, 0.3) is 17.0 Å². The van der Waals surface area contributed by atoms with Gasteiger partial charge < -0.3 is 14.2 Å². The molecule has 1 aromatic carbocycles. The number of hydrogen-bond acceptors (Lipinski definition) is 4. The first-order valence-corrected chi connectivity index (χ1v) is 9.88. The quantitative estimate of drug-likeness (QED) is 0.475. The lowest BCUT2D eigenvalue weighted by atomic mass is 10.2. The van der Waals surface area contributed by atoms with E-state index < -0.39 is 0 Å². The minimum atomic E-state index is -0.137. The number of amides is 1. The van der Waals surface area contributed by atoms with Crippen molar-refractivity contribution in [2.24, 2.45) is 0 Å². The average Bonchev–Trinajstić information content (AvgIpc) is 3.33. The van der Waals surface area contributed by atoms with E-state index in [9.17, 15) is 4.79 Å². The van der Waals surface area contributed by atoms with Crippen LogP contribution in [0.1, 0.15) is 21.9 Å². The van der Waals surface area contributed by atoms with Gasteiger partial charge in [0.25, 0.3) is 5.91 Å². The first-order chi connectivity index (χ1) is 14.6. The molecule has 4 aromatic rings. The second-order valence-electron chi connectivity index (χ2n) is 7.25. The van der Waals surface area contributed by atoms with Crippen LogP contribution < -0.4 is 0 Å². The van der Waals surface area contributed by atoms with E-state index in [0.717, 1.165) is 23.6 Å². The number of imidazole rings is 2. The molecule has 0 aliphatic heterocycles. The summed E-state index contributed by atoms with van der Waals surface area (Å²) in [5.74, 6) is 1.41. The third-order valence-electron chi connectivity index (χ3n) is 5.13. The number of fused-ring (bicyclic) bond motifs is 1. The first-order valence-electron chi connectivity index (χ1n) is 9.88. The van der Waals surface area contributed by atoms with Crippen molar-refractivity contribution in [3.63, 3.8) is 0 Å². The van der Waals surface area contributed by atoms with E-state index in [0.29, 0.717) is 24.7 Å². The highest BCUT2D eigenvalue weighted by molar-refractivity contribution is 5.99. The zero-order valence-electron chi connectivity index (χ0n) is 17.4.